The van der Waals surface area contributed by atoms with Gasteiger partial charge in [-0.3, -0.25) is 25.1 Å². The number of nitrogens with one attached hydrogen (secondary N) is 2. The van der Waals surface area contributed by atoms with Gasteiger partial charge in [-0.25, -0.2) is 0 Å². The van der Waals surface area contributed by atoms with Crippen LogP contribution >= 0.6 is 11.6 Å². The smallest absolute Gasteiger partial charge is 0.273 e. The third-order valence-corrected chi connectivity index (χ3v) is 7.42. The number of rotatable bonds is 6. The molecule has 1 aromatic rings. The highest BCUT2D eigenvalue weighted by Gasteiger charge is 2.51. The number of aromatic nitrogens is 2. The molecule has 28 heavy (non-hydrogen) atoms. The number of hydrazine groups is 1. The van der Waals surface area contributed by atoms with Crippen LogP contribution in [0.25, 0.3) is 0 Å². The van der Waals surface area contributed by atoms with Gasteiger partial charge in [-0.15, -0.1) is 0 Å². The van der Waals surface area contributed by atoms with Crippen LogP contribution in [0.1, 0.15) is 80.8 Å². The van der Waals surface area contributed by atoms with Crippen molar-refractivity contribution in [1.82, 2.24) is 20.6 Å². The van der Waals surface area contributed by atoms with E-state index in [4.69, 9.17) is 11.6 Å². The van der Waals surface area contributed by atoms with Crippen molar-refractivity contribution < 1.29 is 9.59 Å². The fraction of sp³-hybridized carbons (Fsp3) is 0.762. The lowest BCUT2D eigenvalue weighted by molar-refractivity contribution is -0.130. The molecule has 4 fully saturated rings. The maximum Gasteiger partial charge on any atom is 0.274 e. The van der Waals surface area contributed by atoms with Gasteiger partial charge in [0.25, 0.3) is 5.91 Å². The van der Waals surface area contributed by atoms with Crippen LogP contribution in [0, 0.1) is 30.1 Å². The summed E-state index contributed by atoms with van der Waals surface area (Å²) in [6, 6.07) is 0. The van der Waals surface area contributed by atoms with Gasteiger partial charge in [0, 0.05) is 13.0 Å². The third kappa shape index (κ3) is 3.80. The van der Waals surface area contributed by atoms with Crippen LogP contribution in [0.2, 0.25) is 5.15 Å². The fourth-order valence-electron chi connectivity index (χ4n) is 6.35. The molecule has 1 heterocycles. The van der Waals surface area contributed by atoms with E-state index in [2.05, 4.69) is 22.9 Å². The quantitative estimate of drug-likeness (QED) is 0.700. The molecule has 0 unspecified atom stereocenters. The van der Waals surface area contributed by atoms with Crippen molar-refractivity contribution in [3.05, 3.63) is 16.4 Å². The molecule has 5 rings (SSSR count). The first-order valence-electron chi connectivity index (χ1n) is 10.7. The summed E-state index contributed by atoms with van der Waals surface area (Å²) < 4.78 is 1.66. The van der Waals surface area contributed by atoms with E-state index in [1.807, 2.05) is 0 Å². The Labute approximate surface area is 171 Å². The molecule has 1 aromatic heterocycles. The van der Waals surface area contributed by atoms with Gasteiger partial charge in [0.15, 0.2) is 0 Å². The highest BCUT2D eigenvalue weighted by atomic mass is 35.5. The van der Waals surface area contributed by atoms with Gasteiger partial charge in [-0.05, 0) is 75.0 Å². The van der Waals surface area contributed by atoms with E-state index in [-0.39, 0.29) is 11.3 Å². The molecule has 6 nitrogen and oxygen atoms in total. The monoisotopic (exact) mass is 406 g/mol. The molecule has 2 N–H and O–H groups in total. The summed E-state index contributed by atoms with van der Waals surface area (Å²) in [4.78, 5) is 25.2. The lowest BCUT2D eigenvalue weighted by atomic mass is 9.49. The standard InChI is InChI=1S/C21H31ClN4O2/c1-3-4-5-26-19(22)18(13(2)25-26)20(28)24-23-17(27)12-21-9-14-6-15(10-21)8-16(7-14)11-21/h14-16H,3-12H2,1-2H3,(H,23,27)(H,24,28). The maximum absolute atomic E-state index is 12.6. The summed E-state index contributed by atoms with van der Waals surface area (Å²) in [7, 11) is 0. The summed E-state index contributed by atoms with van der Waals surface area (Å²) >= 11 is 6.35. The van der Waals surface area contributed by atoms with E-state index in [1.165, 1.54) is 38.5 Å². The van der Waals surface area contributed by atoms with Gasteiger partial charge >= 0.3 is 0 Å². The van der Waals surface area contributed by atoms with Gasteiger partial charge < -0.3 is 0 Å². The van der Waals surface area contributed by atoms with Crippen molar-refractivity contribution in [3.8, 4) is 0 Å². The molecule has 0 aromatic carbocycles. The molecule has 4 aliphatic rings. The molecular weight excluding hydrogens is 376 g/mol. The molecule has 0 radical (unpaired) electrons. The van der Waals surface area contributed by atoms with Crippen molar-refractivity contribution in [3.63, 3.8) is 0 Å². The maximum atomic E-state index is 12.6. The first-order valence-corrected chi connectivity index (χ1v) is 11.1. The predicted octanol–water partition coefficient (Wildman–Crippen LogP) is 4.01. The topological polar surface area (TPSA) is 76.0 Å². The Kier molecular flexibility index (Phi) is 5.43. The SMILES string of the molecule is CCCCn1nc(C)c(C(=O)NNC(=O)CC23CC4CC(CC(C4)C2)C3)c1Cl. The number of hydrogen-bond donors (Lipinski definition) is 2. The Balaban J connectivity index is 1.34. The molecule has 2 amide bonds. The Bertz CT molecular complexity index is 737. The molecule has 0 spiro atoms. The molecule has 0 aliphatic heterocycles. The number of amides is 2. The van der Waals surface area contributed by atoms with Crippen LogP contribution in [-0.4, -0.2) is 21.6 Å². The van der Waals surface area contributed by atoms with Crippen LogP contribution in [0.4, 0.5) is 0 Å². The van der Waals surface area contributed by atoms with Gasteiger partial charge in [-0.2, -0.15) is 5.10 Å². The second kappa shape index (κ2) is 7.69. The Morgan fingerprint density at radius 2 is 1.75 bits per heavy atom. The fourth-order valence-corrected chi connectivity index (χ4v) is 6.69. The second-order valence-corrected chi connectivity index (χ2v) is 9.78. The number of hydrogen-bond acceptors (Lipinski definition) is 3. The highest BCUT2D eigenvalue weighted by Crippen LogP contribution is 2.61. The molecule has 4 saturated carbocycles. The van der Waals surface area contributed by atoms with E-state index in [1.54, 1.807) is 11.6 Å². The van der Waals surface area contributed by atoms with Crippen LogP contribution in [-0.2, 0) is 11.3 Å². The average Bonchev–Trinajstić information content (AvgIpc) is 2.90. The van der Waals surface area contributed by atoms with E-state index < -0.39 is 5.91 Å². The summed E-state index contributed by atoms with van der Waals surface area (Å²) in [6.07, 6.45) is 10.1. The minimum Gasteiger partial charge on any atom is -0.273 e. The van der Waals surface area contributed by atoms with E-state index in [0.717, 1.165) is 30.6 Å². The van der Waals surface area contributed by atoms with E-state index in [0.29, 0.717) is 29.4 Å². The van der Waals surface area contributed by atoms with E-state index >= 15 is 0 Å². The summed E-state index contributed by atoms with van der Waals surface area (Å²) in [6.45, 7) is 4.54. The third-order valence-electron chi connectivity index (χ3n) is 7.03. The number of halogens is 1. The van der Waals surface area contributed by atoms with Crippen molar-refractivity contribution in [2.45, 2.75) is 78.2 Å². The minimum atomic E-state index is -0.399. The first kappa shape index (κ1) is 19.7. The lowest BCUT2D eigenvalue weighted by Gasteiger charge is -2.56. The Morgan fingerprint density at radius 3 is 2.32 bits per heavy atom. The Hall–Kier alpha value is -1.56. The summed E-state index contributed by atoms with van der Waals surface area (Å²) in [5.41, 5.74) is 6.26. The molecule has 7 heteroatoms. The Morgan fingerprint density at radius 1 is 1.14 bits per heavy atom. The van der Waals surface area contributed by atoms with Crippen LogP contribution < -0.4 is 10.9 Å². The van der Waals surface area contributed by atoms with Gasteiger partial charge in [0.2, 0.25) is 5.91 Å². The van der Waals surface area contributed by atoms with Crippen LogP contribution in [0.5, 0.6) is 0 Å². The zero-order valence-electron chi connectivity index (χ0n) is 16.9. The van der Waals surface area contributed by atoms with Gasteiger partial charge in [-0.1, -0.05) is 24.9 Å². The first-order chi connectivity index (χ1) is 13.4. The predicted molar refractivity (Wildman–Crippen MR) is 108 cm³/mol. The normalized spacial score (nSPS) is 30.5. The zero-order chi connectivity index (χ0) is 19.9. The highest BCUT2D eigenvalue weighted by molar-refractivity contribution is 6.33. The van der Waals surface area contributed by atoms with Gasteiger partial charge in [0.05, 0.1) is 5.69 Å². The van der Waals surface area contributed by atoms with Crippen molar-refractivity contribution in [2.24, 2.45) is 23.2 Å². The number of nitrogens with zero attached hydrogens (tertiary/aromatic N) is 2. The molecule has 4 aliphatic carbocycles. The van der Waals surface area contributed by atoms with Crippen LogP contribution in [0.3, 0.4) is 0 Å². The van der Waals surface area contributed by atoms with Crippen LogP contribution in [0.15, 0.2) is 0 Å². The lowest BCUT2D eigenvalue weighted by Crippen LogP contribution is -2.50. The summed E-state index contributed by atoms with van der Waals surface area (Å²) in [5.74, 6) is 1.93. The number of aryl methyl sites for hydroxylation is 2. The van der Waals surface area contributed by atoms with Gasteiger partial charge in [0.1, 0.15) is 10.7 Å². The summed E-state index contributed by atoms with van der Waals surface area (Å²) in [5, 5.41) is 4.69. The van der Waals surface area contributed by atoms with E-state index in [9.17, 15) is 9.59 Å². The average molecular weight is 407 g/mol. The van der Waals surface area contributed by atoms with Crippen molar-refractivity contribution >= 4 is 23.4 Å². The second-order valence-electron chi connectivity index (χ2n) is 9.42. The van der Waals surface area contributed by atoms with Crippen molar-refractivity contribution in [2.75, 3.05) is 0 Å². The number of unbranched alkanes of at least 4 members (excludes halogenated alkanes) is 1. The van der Waals surface area contributed by atoms with Crippen molar-refractivity contribution in [1.29, 1.82) is 0 Å². The molecule has 0 saturated heterocycles. The molecule has 0 atom stereocenters. The molecule has 4 bridgehead atoms. The number of carbonyl (C=O) groups is 2. The minimum absolute atomic E-state index is 0.0950. The molecular formula is C21H31ClN4O2. The largest absolute Gasteiger partial charge is 0.274 e. The zero-order valence-corrected chi connectivity index (χ0v) is 17.6. The number of carbonyl (C=O) groups excluding carboxylic acids is 2. The molecule has 154 valence electrons.